The van der Waals surface area contributed by atoms with Gasteiger partial charge in [0.25, 0.3) is 5.91 Å². The average Bonchev–Trinajstić information content (AvgIpc) is 3.42. The SMILES string of the molecule is COC(=O)C1=C(C(=O)OC)N(c2ccc(N3CCN(C(=O)c4cccs4)CC3)cc2)COC1. The second-order valence-corrected chi connectivity index (χ2v) is 8.44. The molecule has 0 aliphatic carbocycles. The number of benzene rings is 1. The lowest BCUT2D eigenvalue weighted by Crippen LogP contribution is -2.48. The number of amides is 1. The molecule has 0 unspecified atom stereocenters. The van der Waals surface area contributed by atoms with Gasteiger partial charge in [-0.25, -0.2) is 9.59 Å². The van der Waals surface area contributed by atoms with E-state index < -0.39 is 11.9 Å². The van der Waals surface area contributed by atoms with Gasteiger partial charge in [0.15, 0.2) is 0 Å². The lowest BCUT2D eigenvalue weighted by molar-refractivity contribution is -0.140. The summed E-state index contributed by atoms with van der Waals surface area (Å²) in [5, 5.41) is 1.91. The third-order valence-corrected chi connectivity index (χ3v) is 6.52. The van der Waals surface area contributed by atoms with Gasteiger partial charge < -0.3 is 28.9 Å². The highest BCUT2D eigenvalue weighted by Gasteiger charge is 2.32. The molecule has 1 fully saturated rings. The van der Waals surface area contributed by atoms with Gasteiger partial charge in [-0.05, 0) is 35.7 Å². The molecule has 2 aliphatic rings. The van der Waals surface area contributed by atoms with Gasteiger partial charge in [-0.2, -0.15) is 0 Å². The minimum atomic E-state index is -0.633. The van der Waals surface area contributed by atoms with Crippen LogP contribution in [0.25, 0.3) is 0 Å². The summed E-state index contributed by atoms with van der Waals surface area (Å²) in [7, 11) is 2.52. The van der Waals surface area contributed by atoms with Crippen LogP contribution in [0.2, 0.25) is 0 Å². The van der Waals surface area contributed by atoms with Crippen LogP contribution in [-0.4, -0.2) is 76.5 Å². The van der Waals surface area contributed by atoms with Crippen LogP contribution in [0.3, 0.4) is 0 Å². The van der Waals surface area contributed by atoms with E-state index >= 15 is 0 Å². The van der Waals surface area contributed by atoms with Gasteiger partial charge in [0, 0.05) is 37.6 Å². The minimum absolute atomic E-state index is 0.0276. The number of carbonyl (C=O) groups is 3. The van der Waals surface area contributed by atoms with Crippen LogP contribution in [-0.2, 0) is 23.8 Å². The first-order valence-electron chi connectivity index (χ1n) is 10.5. The zero-order valence-electron chi connectivity index (χ0n) is 18.5. The van der Waals surface area contributed by atoms with Crippen LogP contribution < -0.4 is 9.80 Å². The molecule has 174 valence electrons. The maximum atomic E-state index is 12.6. The molecule has 1 aromatic carbocycles. The Morgan fingerprint density at radius 3 is 2.18 bits per heavy atom. The molecule has 0 radical (unpaired) electrons. The molecule has 9 nitrogen and oxygen atoms in total. The molecule has 1 aromatic heterocycles. The van der Waals surface area contributed by atoms with Crippen molar-refractivity contribution in [2.75, 3.05) is 63.5 Å². The number of nitrogens with zero attached hydrogens (tertiary/aromatic N) is 3. The third kappa shape index (κ3) is 4.71. The topological polar surface area (TPSA) is 88.6 Å². The summed E-state index contributed by atoms with van der Waals surface area (Å²) in [5.41, 5.74) is 1.93. The Bertz CT molecular complexity index is 1040. The Balaban J connectivity index is 1.47. The first-order chi connectivity index (χ1) is 16.0. The second-order valence-electron chi connectivity index (χ2n) is 7.49. The van der Waals surface area contributed by atoms with Crippen LogP contribution >= 0.6 is 11.3 Å². The Hall–Kier alpha value is -3.37. The number of piperazine rings is 1. The monoisotopic (exact) mass is 471 g/mol. The first-order valence-corrected chi connectivity index (χ1v) is 11.3. The summed E-state index contributed by atoms with van der Waals surface area (Å²) in [5.74, 6) is -1.19. The van der Waals surface area contributed by atoms with Gasteiger partial charge in [-0.3, -0.25) is 4.79 Å². The number of ether oxygens (including phenoxy) is 3. The third-order valence-electron chi connectivity index (χ3n) is 5.66. The van der Waals surface area contributed by atoms with E-state index in [2.05, 4.69) is 4.90 Å². The maximum absolute atomic E-state index is 12.6. The van der Waals surface area contributed by atoms with Crippen LogP contribution in [0.5, 0.6) is 0 Å². The summed E-state index contributed by atoms with van der Waals surface area (Å²) in [6, 6.07) is 11.4. The quantitative estimate of drug-likeness (QED) is 0.613. The van der Waals surface area contributed by atoms with E-state index in [-0.39, 0.29) is 30.5 Å². The number of hydrogen-bond acceptors (Lipinski definition) is 9. The number of methoxy groups -OCH3 is 2. The zero-order valence-corrected chi connectivity index (χ0v) is 19.3. The summed E-state index contributed by atoms with van der Waals surface area (Å²) in [6.45, 7) is 2.83. The molecule has 33 heavy (non-hydrogen) atoms. The van der Waals surface area contributed by atoms with Gasteiger partial charge in [-0.15, -0.1) is 11.3 Å². The molecule has 2 aromatic rings. The minimum Gasteiger partial charge on any atom is -0.466 e. The number of hydrogen-bond donors (Lipinski definition) is 0. The fourth-order valence-corrected chi connectivity index (χ4v) is 4.61. The van der Waals surface area contributed by atoms with Crippen LogP contribution in [0.1, 0.15) is 9.67 Å². The molecule has 0 bridgehead atoms. The van der Waals surface area contributed by atoms with Gasteiger partial charge in [0.05, 0.1) is 31.3 Å². The number of thiophene rings is 1. The van der Waals surface area contributed by atoms with Crippen LogP contribution in [0.4, 0.5) is 11.4 Å². The average molecular weight is 472 g/mol. The van der Waals surface area contributed by atoms with E-state index in [1.807, 2.05) is 46.7 Å². The van der Waals surface area contributed by atoms with Gasteiger partial charge in [0.2, 0.25) is 0 Å². The van der Waals surface area contributed by atoms with E-state index in [0.29, 0.717) is 18.8 Å². The highest BCUT2D eigenvalue weighted by Crippen LogP contribution is 2.29. The standard InChI is InChI=1S/C23H25N3O6S/c1-30-22(28)18-14-32-15-26(20(18)23(29)31-2)17-7-5-16(6-8-17)24-9-11-25(12-10-24)21(27)19-4-3-13-33-19/h3-8,13H,9-12,14-15H2,1-2H3. The van der Waals surface area contributed by atoms with Gasteiger partial charge >= 0.3 is 11.9 Å². The van der Waals surface area contributed by atoms with Crippen molar-refractivity contribution < 1.29 is 28.6 Å². The highest BCUT2D eigenvalue weighted by atomic mass is 32.1. The molecule has 0 N–H and O–H groups in total. The Labute approximate surface area is 195 Å². The van der Waals surface area contributed by atoms with Crippen molar-refractivity contribution in [2.45, 2.75) is 0 Å². The van der Waals surface area contributed by atoms with E-state index in [1.54, 1.807) is 4.90 Å². The highest BCUT2D eigenvalue weighted by molar-refractivity contribution is 7.12. The van der Waals surface area contributed by atoms with Crippen molar-refractivity contribution in [1.82, 2.24) is 4.90 Å². The predicted octanol–water partition coefficient (Wildman–Crippen LogP) is 2.10. The summed E-state index contributed by atoms with van der Waals surface area (Å²) in [6.07, 6.45) is 0. The van der Waals surface area contributed by atoms with Crippen molar-refractivity contribution in [3.63, 3.8) is 0 Å². The molecule has 1 amide bonds. The molecule has 2 aliphatic heterocycles. The fourth-order valence-electron chi connectivity index (χ4n) is 3.91. The van der Waals surface area contributed by atoms with Crippen molar-refractivity contribution in [3.8, 4) is 0 Å². The molecule has 0 atom stereocenters. The number of rotatable bonds is 5. The lowest BCUT2D eigenvalue weighted by Gasteiger charge is -2.36. The molecule has 3 heterocycles. The second kappa shape index (κ2) is 10.1. The fraction of sp³-hybridized carbons (Fsp3) is 0.348. The van der Waals surface area contributed by atoms with Crippen LogP contribution in [0.15, 0.2) is 53.0 Å². The largest absolute Gasteiger partial charge is 0.466 e. The Morgan fingerprint density at radius 2 is 1.58 bits per heavy atom. The van der Waals surface area contributed by atoms with Gasteiger partial charge in [-0.1, -0.05) is 6.07 Å². The van der Waals surface area contributed by atoms with E-state index in [0.717, 1.165) is 23.7 Å². The summed E-state index contributed by atoms with van der Waals surface area (Å²) >= 11 is 1.46. The molecular formula is C23H25N3O6S. The molecular weight excluding hydrogens is 446 g/mol. The van der Waals surface area contributed by atoms with Crippen LogP contribution in [0, 0.1) is 0 Å². The Morgan fingerprint density at radius 1 is 0.909 bits per heavy atom. The molecule has 0 spiro atoms. The number of carbonyl (C=O) groups excluding carboxylic acids is 3. The predicted molar refractivity (Wildman–Crippen MR) is 123 cm³/mol. The van der Waals surface area contributed by atoms with Crippen molar-refractivity contribution in [1.29, 1.82) is 0 Å². The number of anilines is 2. The molecule has 10 heteroatoms. The molecule has 0 saturated carbocycles. The maximum Gasteiger partial charge on any atom is 0.355 e. The number of esters is 2. The van der Waals surface area contributed by atoms with Crippen molar-refractivity contribution in [3.05, 3.63) is 57.9 Å². The molecule has 1 saturated heterocycles. The van der Waals surface area contributed by atoms with E-state index in [4.69, 9.17) is 14.2 Å². The van der Waals surface area contributed by atoms with Gasteiger partial charge in [0.1, 0.15) is 12.4 Å². The van der Waals surface area contributed by atoms with Crippen molar-refractivity contribution >= 4 is 40.6 Å². The summed E-state index contributed by atoms with van der Waals surface area (Å²) in [4.78, 5) is 43.6. The zero-order chi connectivity index (χ0) is 23.4. The Kier molecular flexibility index (Phi) is 6.95. The smallest absolute Gasteiger partial charge is 0.355 e. The van der Waals surface area contributed by atoms with E-state index in [9.17, 15) is 14.4 Å². The normalized spacial score (nSPS) is 16.6. The lowest BCUT2D eigenvalue weighted by atomic mass is 10.1. The molecule has 4 rings (SSSR count). The van der Waals surface area contributed by atoms with Crippen molar-refractivity contribution in [2.24, 2.45) is 0 Å². The first kappa shape index (κ1) is 22.8. The summed E-state index contributed by atoms with van der Waals surface area (Å²) < 4.78 is 15.2. The van der Waals surface area contributed by atoms with E-state index in [1.165, 1.54) is 25.6 Å².